The summed E-state index contributed by atoms with van der Waals surface area (Å²) in [6, 6.07) is 9.39. The lowest BCUT2D eigenvalue weighted by Crippen LogP contribution is -2.15. The predicted molar refractivity (Wildman–Crippen MR) is 74.2 cm³/mol. The second kappa shape index (κ2) is 5.13. The van der Waals surface area contributed by atoms with Gasteiger partial charge in [-0.25, -0.2) is 4.98 Å². The Morgan fingerprint density at radius 2 is 2.00 bits per heavy atom. The van der Waals surface area contributed by atoms with Gasteiger partial charge >= 0.3 is 0 Å². The van der Waals surface area contributed by atoms with Gasteiger partial charge in [-0.05, 0) is 38.5 Å². The van der Waals surface area contributed by atoms with Gasteiger partial charge in [0, 0.05) is 5.69 Å². The van der Waals surface area contributed by atoms with Crippen LogP contribution in [0.15, 0.2) is 24.3 Å². The molecule has 0 aliphatic rings. The fraction of sp³-hybridized carbons (Fsp3) is 0.286. The molecule has 102 valence electrons. The zero-order valence-corrected chi connectivity index (χ0v) is 11.6. The molecule has 6 nitrogen and oxygen atoms in total. The molecule has 1 aromatic carbocycles. The molecule has 0 aliphatic carbocycles. The molecule has 0 atom stereocenters. The van der Waals surface area contributed by atoms with Crippen LogP contribution in [0.3, 0.4) is 0 Å². The number of hydrogen-bond donors (Lipinski definition) is 2. The summed E-state index contributed by atoms with van der Waals surface area (Å²) in [5.41, 5.74) is 0.977. The van der Waals surface area contributed by atoms with Crippen LogP contribution < -0.4 is 5.32 Å². The number of nitrogens with one attached hydrogen (secondary N) is 2. The fourth-order valence-corrected chi connectivity index (χ4v) is 1.67. The summed E-state index contributed by atoms with van der Waals surface area (Å²) in [7, 11) is 0. The van der Waals surface area contributed by atoms with E-state index in [9.17, 15) is 4.79 Å². The largest absolute Gasteiger partial charge is 0.319 e. The van der Waals surface area contributed by atoms with E-state index in [4.69, 9.17) is 5.26 Å². The topological polar surface area (TPSA) is 94.5 Å². The molecule has 0 saturated carbocycles. The van der Waals surface area contributed by atoms with Crippen molar-refractivity contribution in [2.75, 3.05) is 5.32 Å². The van der Waals surface area contributed by atoms with Crippen LogP contribution in [0.2, 0.25) is 0 Å². The number of aryl methyl sites for hydroxylation is 1. The van der Waals surface area contributed by atoms with E-state index in [-0.39, 0.29) is 11.7 Å². The van der Waals surface area contributed by atoms with E-state index in [1.165, 1.54) is 0 Å². The number of aromatic amines is 1. The van der Waals surface area contributed by atoms with Crippen molar-refractivity contribution in [2.45, 2.75) is 26.2 Å². The smallest absolute Gasteiger partial charge is 0.295 e. The van der Waals surface area contributed by atoms with E-state index in [0.29, 0.717) is 11.5 Å². The summed E-state index contributed by atoms with van der Waals surface area (Å²) < 4.78 is 0. The van der Waals surface area contributed by atoms with Crippen molar-refractivity contribution in [2.24, 2.45) is 0 Å². The van der Waals surface area contributed by atoms with Gasteiger partial charge in [-0.1, -0.05) is 12.1 Å². The zero-order valence-electron chi connectivity index (χ0n) is 11.6. The summed E-state index contributed by atoms with van der Waals surface area (Å²) in [6.45, 7) is 5.41. The average molecular weight is 269 g/mol. The molecule has 2 rings (SSSR count). The third kappa shape index (κ3) is 2.83. The highest BCUT2D eigenvalue weighted by molar-refractivity contribution is 6.01. The van der Waals surface area contributed by atoms with Crippen molar-refractivity contribution >= 4 is 11.6 Å². The first-order chi connectivity index (χ1) is 9.42. The normalized spacial score (nSPS) is 10.9. The van der Waals surface area contributed by atoms with Crippen molar-refractivity contribution in [3.8, 4) is 6.07 Å². The molecule has 0 bridgehead atoms. The highest BCUT2D eigenvalue weighted by Gasteiger charge is 2.19. The van der Waals surface area contributed by atoms with Gasteiger partial charge in [0.05, 0.1) is 11.5 Å². The average Bonchev–Trinajstić information content (AvgIpc) is 2.86. The predicted octanol–water partition coefficient (Wildman–Crippen LogP) is 2.17. The Kier molecular flexibility index (Phi) is 3.53. The van der Waals surface area contributed by atoms with Crippen molar-refractivity contribution in [1.29, 1.82) is 5.26 Å². The minimum absolute atomic E-state index is 0.101. The third-order valence-electron chi connectivity index (χ3n) is 2.94. The van der Waals surface area contributed by atoms with Gasteiger partial charge < -0.3 is 5.32 Å². The fourth-order valence-electron chi connectivity index (χ4n) is 1.67. The van der Waals surface area contributed by atoms with Crippen LogP contribution in [0.1, 0.15) is 35.9 Å². The van der Waals surface area contributed by atoms with Crippen molar-refractivity contribution in [3.63, 3.8) is 0 Å². The Morgan fingerprint density at radius 1 is 1.35 bits per heavy atom. The number of H-pyrrole nitrogens is 1. The van der Waals surface area contributed by atoms with Crippen molar-refractivity contribution in [1.82, 2.24) is 15.2 Å². The van der Waals surface area contributed by atoms with Crippen LogP contribution in [-0.4, -0.2) is 21.1 Å². The molecule has 1 aromatic heterocycles. The number of hydrogen-bond acceptors (Lipinski definition) is 4. The molecule has 0 aliphatic heterocycles. The lowest BCUT2D eigenvalue weighted by atomic mass is 9.86. The number of aromatic nitrogens is 3. The maximum absolute atomic E-state index is 11.9. The van der Waals surface area contributed by atoms with Crippen LogP contribution in [-0.2, 0) is 5.41 Å². The van der Waals surface area contributed by atoms with Crippen LogP contribution in [0.4, 0.5) is 5.69 Å². The number of nitriles is 1. The molecular weight excluding hydrogens is 254 g/mol. The lowest BCUT2D eigenvalue weighted by Gasteiger charge is -2.15. The lowest BCUT2D eigenvalue weighted by molar-refractivity contribution is 0.101. The van der Waals surface area contributed by atoms with E-state index in [2.05, 4.69) is 26.6 Å². The first kappa shape index (κ1) is 13.7. The SMILES string of the molecule is Cc1nc(C(=O)Nc2ccc(C(C)(C)C#N)cc2)n[nH]1. The van der Waals surface area contributed by atoms with Crippen LogP contribution in [0.25, 0.3) is 0 Å². The van der Waals surface area contributed by atoms with Gasteiger partial charge in [-0.15, -0.1) is 5.10 Å². The minimum atomic E-state index is -0.552. The van der Waals surface area contributed by atoms with Gasteiger partial charge in [0.1, 0.15) is 5.82 Å². The summed E-state index contributed by atoms with van der Waals surface area (Å²) in [5.74, 6) is 0.312. The maximum Gasteiger partial charge on any atom is 0.295 e. The zero-order chi connectivity index (χ0) is 14.8. The number of amides is 1. The number of anilines is 1. The first-order valence-corrected chi connectivity index (χ1v) is 6.14. The van der Waals surface area contributed by atoms with Gasteiger partial charge in [0.25, 0.3) is 5.91 Å². The number of rotatable bonds is 3. The van der Waals surface area contributed by atoms with Gasteiger partial charge in [0.15, 0.2) is 0 Å². The number of carbonyl (C=O) groups is 1. The molecule has 2 aromatic rings. The Hall–Kier alpha value is -2.68. The van der Waals surface area contributed by atoms with Crippen molar-refractivity contribution < 1.29 is 4.79 Å². The van der Waals surface area contributed by atoms with E-state index in [1.807, 2.05) is 26.0 Å². The molecule has 6 heteroatoms. The Morgan fingerprint density at radius 3 is 2.50 bits per heavy atom. The summed E-state index contributed by atoms with van der Waals surface area (Å²) in [6.07, 6.45) is 0. The monoisotopic (exact) mass is 269 g/mol. The molecule has 1 amide bonds. The van der Waals surface area contributed by atoms with E-state index in [0.717, 1.165) is 5.56 Å². The molecule has 0 unspecified atom stereocenters. The number of carbonyl (C=O) groups excluding carboxylic acids is 1. The molecule has 0 saturated heterocycles. The van der Waals surface area contributed by atoms with E-state index >= 15 is 0 Å². The second-order valence-electron chi connectivity index (χ2n) is 5.01. The Bertz CT molecular complexity index is 664. The van der Waals surface area contributed by atoms with E-state index < -0.39 is 5.41 Å². The molecule has 2 N–H and O–H groups in total. The van der Waals surface area contributed by atoms with Crippen LogP contribution in [0.5, 0.6) is 0 Å². The molecule has 20 heavy (non-hydrogen) atoms. The van der Waals surface area contributed by atoms with Crippen LogP contribution in [0, 0.1) is 18.3 Å². The standard InChI is InChI=1S/C14H15N5O/c1-9-16-12(19-18-9)13(20)17-11-6-4-10(5-7-11)14(2,3)8-15/h4-7H,1-3H3,(H,17,20)(H,16,18,19). The first-order valence-electron chi connectivity index (χ1n) is 6.14. The highest BCUT2D eigenvalue weighted by atomic mass is 16.2. The summed E-state index contributed by atoms with van der Waals surface area (Å²) in [5, 5.41) is 18.2. The third-order valence-corrected chi connectivity index (χ3v) is 2.94. The summed E-state index contributed by atoms with van der Waals surface area (Å²) in [4.78, 5) is 15.8. The van der Waals surface area contributed by atoms with Gasteiger partial charge in [-0.2, -0.15) is 5.26 Å². The van der Waals surface area contributed by atoms with Gasteiger partial charge in [0.2, 0.25) is 5.82 Å². The molecule has 0 fully saturated rings. The molecule has 0 spiro atoms. The summed E-state index contributed by atoms with van der Waals surface area (Å²) >= 11 is 0. The van der Waals surface area contributed by atoms with Gasteiger partial charge in [-0.3, -0.25) is 9.89 Å². The Balaban J connectivity index is 2.12. The molecule has 0 radical (unpaired) electrons. The quantitative estimate of drug-likeness (QED) is 0.892. The molecular formula is C14H15N5O. The van der Waals surface area contributed by atoms with E-state index in [1.54, 1.807) is 19.1 Å². The van der Waals surface area contributed by atoms with Crippen molar-refractivity contribution in [3.05, 3.63) is 41.5 Å². The Labute approximate surface area is 116 Å². The second-order valence-corrected chi connectivity index (χ2v) is 5.01. The minimum Gasteiger partial charge on any atom is -0.319 e. The molecule has 1 heterocycles. The number of benzene rings is 1. The van der Waals surface area contributed by atoms with Crippen LogP contribution >= 0.6 is 0 Å². The highest BCUT2D eigenvalue weighted by Crippen LogP contribution is 2.23. The maximum atomic E-state index is 11.9. The number of nitrogens with zero attached hydrogens (tertiary/aromatic N) is 3.